The molecule has 1 atom stereocenters. The second-order valence-electron chi connectivity index (χ2n) is 8.80. The SMILES string of the molecule is COc1nc(CC[C@@H](C)O)ccc1Nc1nccc(OC2CCN(C(=O)OC(C)C)CC2)c1OC. The molecule has 2 aromatic rings. The van der Waals surface area contributed by atoms with Gasteiger partial charge in [0.05, 0.1) is 26.4 Å². The summed E-state index contributed by atoms with van der Waals surface area (Å²) in [5.41, 5.74) is 1.46. The number of piperidine rings is 1. The average molecular weight is 489 g/mol. The Balaban J connectivity index is 1.68. The molecule has 35 heavy (non-hydrogen) atoms. The van der Waals surface area contributed by atoms with Crippen molar-refractivity contribution in [3.8, 4) is 17.4 Å². The predicted octanol–water partition coefficient (Wildman–Crippen LogP) is 3.94. The number of amides is 1. The molecule has 10 heteroatoms. The standard InChI is InChI=1S/C25H36N4O6/c1-16(2)34-25(31)29-14-11-19(12-15-29)35-21-10-13-26-23(22(21)32-4)28-20-9-8-18(7-6-17(3)30)27-24(20)33-5/h8-10,13,16-17,19,30H,6-7,11-12,14-15H2,1-5H3,(H,26,28)/t17-/m1/s1. The van der Waals surface area contributed by atoms with Crippen LogP contribution >= 0.6 is 0 Å². The third kappa shape index (κ3) is 7.35. The summed E-state index contributed by atoms with van der Waals surface area (Å²) >= 11 is 0. The zero-order valence-corrected chi connectivity index (χ0v) is 21.1. The number of aliphatic hydroxyl groups excluding tert-OH is 1. The van der Waals surface area contributed by atoms with Crippen molar-refractivity contribution in [1.82, 2.24) is 14.9 Å². The number of nitrogens with zero attached hydrogens (tertiary/aromatic N) is 3. The second-order valence-corrected chi connectivity index (χ2v) is 8.80. The van der Waals surface area contributed by atoms with Gasteiger partial charge in [-0.1, -0.05) is 0 Å². The minimum absolute atomic E-state index is 0.0633. The van der Waals surface area contributed by atoms with E-state index in [-0.39, 0.29) is 18.3 Å². The van der Waals surface area contributed by atoms with Crippen LogP contribution in [0.4, 0.5) is 16.3 Å². The number of anilines is 2. The summed E-state index contributed by atoms with van der Waals surface area (Å²) in [5, 5.41) is 12.8. The number of methoxy groups -OCH3 is 2. The van der Waals surface area contributed by atoms with Gasteiger partial charge in [0, 0.05) is 43.9 Å². The summed E-state index contributed by atoms with van der Waals surface area (Å²) in [6.45, 7) is 6.57. The Hall–Kier alpha value is -3.27. The first kappa shape index (κ1) is 26.3. The number of hydrogen-bond acceptors (Lipinski definition) is 9. The highest BCUT2D eigenvalue weighted by molar-refractivity contribution is 5.69. The van der Waals surface area contributed by atoms with Gasteiger partial charge in [0.1, 0.15) is 11.8 Å². The first-order chi connectivity index (χ1) is 16.8. The average Bonchev–Trinajstić information content (AvgIpc) is 2.83. The third-order valence-electron chi connectivity index (χ3n) is 5.59. The first-order valence-electron chi connectivity index (χ1n) is 11.9. The molecule has 3 heterocycles. The Morgan fingerprint density at radius 3 is 2.54 bits per heavy atom. The van der Waals surface area contributed by atoms with Crippen molar-refractivity contribution in [2.24, 2.45) is 0 Å². The number of nitrogens with one attached hydrogen (secondary N) is 1. The van der Waals surface area contributed by atoms with Crippen molar-refractivity contribution >= 4 is 17.6 Å². The van der Waals surface area contributed by atoms with Gasteiger partial charge in [0.2, 0.25) is 11.6 Å². The normalized spacial score (nSPS) is 15.0. The number of carbonyl (C=O) groups excluding carboxylic acids is 1. The highest BCUT2D eigenvalue weighted by Crippen LogP contribution is 2.38. The molecule has 0 saturated carbocycles. The van der Waals surface area contributed by atoms with E-state index in [1.807, 2.05) is 26.0 Å². The molecule has 0 aliphatic carbocycles. The van der Waals surface area contributed by atoms with E-state index in [9.17, 15) is 9.90 Å². The molecule has 3 rings (SSSR count). The van der Waals surface area contributed by atoms with Gasteiger partial charge < -0.3 is 34.3 Å². The number of pyridine rings is 2. The number of likely N-dealkylation sites (tertiary alicyclic amines) is 1. The third-order valence-corrected chi connectivity index (χ3v) is 5.59. The fourth-order valence-electron chi connectivity index (χ4n) is 3.77. The lowest BCUT2D eigenvalue weighted by molar-refractivity contribution is 0.0511. The molecule has 2 aromatic heterocycles. The van der Waals surface area contributed by atoms with Gasteiger partial charge in [-0.05, 0) is 45.7 Å². The summed E-state index contributed by atoms with van der Waals surface area (Å²) in [5.74, 6) is 1.92. The van der Waals surface area contributed by atoms with Crippen LogP contribution in [0.15, 0.2) is 24.4 Å². The first-order valence-corrected chi connectivity index (χ1v) is 11.9. The van der Waals surface area contributed by atoms with Crippen molar-refractivity contribution in [2.75, 3.05) is 32.6 Å². The molecule has 0 aromatic carbocycles. The Bertz CT molecular complexity index is 976. The number of aliphatic hydroxyl groups is 1. The lowest BCUT2D eigenvalue weighted by Crippen LogP contribution is -2.42. The van der Waals surface area contributed by atoms with Crippen molar-refractivity contribution in [3.05, 3.63) is 30.1 Å². The highest BCUT2D eigenvalue weighted by atomic mass is 16.6. The maximum atomic E-state index is 12.1. The number of hydrogen-bond donors (Lipinski definition) is 2. The van der Waals surface area contributed by atoms with E-state index in [4.69, 9.17) is 18.9 Å². The van der Waals surface area contributed by atoms with Crippen LogP contribution in [-0.4, -0.2) is 71.7 Å². The highest BCUT2D eigenvalue weighted by Gasteiger charge is 2.26. The van der Waals surface area contributed by atoms with Crippen molar-refractivity contribution in [3.63, 3.8) is 0 Å². The number of carbonyl (C=O) groups is 1. The fraction of sp³-hybridized carbons (Fsp3) is 0.560. The molecule has 1 aliphatic heterocycles. The van der Waals surface area contributed by atoms with Gasteiger partial charge in [-0.2, -0.15) is 0 Å². The molecule has 10 nitrogen and oxygen atoms in total. The summed E-state index contributed by atoms with van der Waals surface area (Å²) in [4.78, 5) is 22.8. The Morgan fingerprint density at radius 2 is 1.91 bits per heavy atom. The zero-order chi connectivity index (χ0) is 25.4. The zero-order valence-electron chi connectivity index (χ0n) is 21.1. The van der Waals surface area contributed by atoms with E-state index in [1.165, 1.54) is 0 Å². The van der Waals surface area contributed by atoms with E-state index in [2.05, 4.69) is 15.3 Å². The minimum Gasteiger partial charge on any atom is -0.490 e. The fourth-order valence-corrected chi connectivity index (χ4v) is 3.77. The Labute approximate surface area is 206 Å². The van der Waals surface area contributed by atoms with Crippen LogP contribution in [0.1, 0.15) is 45.7 Å². The molecule has 1 saturated heterocycles. The van der Waals surface area contributed by atoms with E-state index in [1.54, 1.807) is 38.3 Å². The smallest absolute Gasteiger partial charge is 0.410 e. The monoisotopic (exact) mass is 488 g/mol. The number of aromatic nitrogens is 2. The molecule has 1 amide bonds. The molecule has 2 N–H and O–H groups in total. The van der Waals surface area contributed by atoms with Gasteiger partial charge in [-0.15, -0.1) is 0 Å². The van der Waals surface area contributed by atoms with Crippen LogP contribution in [0.2, 0.25) is 0 Å². The molecule has 0 unspecified atom stereocenters. The van der Waals surface area contributed by atoms with Gasteiger partial charge in [0.15, 0.2) is 11.6 Å². The van der Waals surface area contributed by atoms with Gasteiger partial charge >= 0.3 is 6.09 Å². The largest absolute Gasteiger partial charge is 0.490 e. The van der Waals surface area contributed by atoms with Crippen LogP contribution in [-0.2, 0) is 11.2 Å². The lowest BCUT2D eigenvalue weighted by atomic mass is 10.1. The van der Waals surface area contributed by atoms with Crippen LogP contribution in [0, 0.1) is 0 Å². The van der Waals surface area contributed by atoms with Crippen LogP contribution in [0.3, 0.4) is 0 Å². The van der Waals surface area contributed by atoms with E-state index in [0.717, 1.165) is 5.69 Å². The van der Waals surface area contributed by atoms with E-state index < -0.39 is 6.10 Å². The topological polar surface area (TPSA) is 115 Å². The summed E-state index contributed by atoms with van der Waals surface area (Å²) in [6, 6.07) is 5.51. The van der Waals surface area contributed by atoms with Crippen molar-refractivity contribution in [1.29, 1.82) is 0 Å². The van der Waals surface area contributed by atoms with E-state index in [0.29, 0.717) is 67.7 Å². The lowest BCUT2D eigenvalue weighted by Gasteiger charge is -2.32. The van der Waals surface area contributed by atoms with Gasteiger partial charge in [-0.25, -0.2) is 14.8 Å². The molecule has 1 fully saturated rings. The minimum atomic E-state index is -0.391. The Kier molecular flexibility index (Phi) is 9.36. The molecule has 192 valence electrons. The van der Waals surface area contributed by atoms with Crippen LogP contribution in [0.25, 0.3) is 0 Å². The summed E-state index contributed by atoms with van der Waals surface area (Å²) < 4.78 is 22.6. The van der Waals surface area contributed by atoms with Crippen LogP contribution in [0.5, 0.6) is 17.4 Å². The van der Waals surface area contributed by atoms with Gasteiger partial charge in [0.25, 0.3) is 0 Å². The summed E-state index contributed by atoms with van der Waals surface area (Å²) in [6.07, 6.45) is 3.41. The molecule has 0 bridgehead atoms. The maximum absolute atomic E-state index is 12.1. The van der Waals surface area contributed by atoms with Crippen molar-refractivity contribution in [2.45, 2.75) is 64.8 Å². The molecule has 1 aliphatic rings. The molecule has 0 spiro atoms. The second kappa shape index (κ2) is 12.4. The number of aryl methyl sites for hydroxylation is 1. The summed E-state index contributed by atoms with van der Waals surface area (Å²) in [7, 11) is 3.12. The maximum Gasteiger partial charge on any atom is 0.410 e. The molecular weight excluding hydrogens is 452 g/mol. The van der Waals surface area contributed by atoms with Crippen LogP contribution < -0.4 is 19.5 Å². The predicted molar refractivity (Wildman–Crippen MR) is 132 cm³/mol. The number of rotatable bonds is 10. The molecular formula is C25H36N4O6. The Morgan fingerprint density at radius 1 is 1.17 bits per heavy atom. The quantitative estimate of drug-likeness (QED) is 0.513. The molecule has 0 radical (unpaired) electrons. The van der Waals surface area contributed by atoms with Crippen molar-refractivity contribution < 1.29 is 28.8 Å². The van der Waals surface area contributed by atoms with Gasteiger partial charge in [-0.3, -0.25) is 0 Å². The van der Waals surface area contributed by atoms with E-state index >= 15 is 0 Å². The number of ether oxygens (including phenoxy) is 4.